The molecule has 1 fully saturated rings. The lowest BCUT2D eigenvalue weighted by atomic mass is 10.1. The molecule has 0 radical (unpaired) electrons. The van der Waals surface area contributed by atoms with E-state index in [0.717, 1.165) is 11.3 Å². The fraction of sp³-hybridized carbons (Fsp3) is 0.292. The number of hydrogen-bond donors (Lipinski definition) is 2. The van der Waals surface area contributed by atoms with Gasteiger partial charge >= 0.3 is 0 Å². The summed E-state index contributed by atoms with van der Waals surface area (Å²) in [6.07, 6.45) is 0.243. The van der Waals surface area contributed by atoms with E-state index in [1.807, 2.05) is 30.3 Å². The van der Waals surface area contributed by atoms with Gasteiger partial charge in [-0.25, -0.2) is 0 Å². The van der Waals surface area contributed by atoms with E-state index in [1.165, 1.54) is 11.8 Å². The van der Waals surface area contributed by atoms with Gasteiger partial charge in [-0.15, -0.1) is 0 Å². The summed E-state index contributed by atoms with van der Waals surface area (Å²) in [6.45, 7) is 2.74. The van der Waals surface area contributed by atoms with Crippen LogP contribution in [0.25, 0.3) is 0 Å². The third-order valence-corrected chi connectivity index (χ3v) is 5.64. The van der Waals surface area contributed by atoms with Crippen LogP contribution in [0.3, 0.4) is 0 Å². The number of ketones is 1. The Morgan fingerprint density at radius 3 is 2.48 bits per heavy atom. The summed E-state index contributed by atoms with van der Waals surface area (Å²) in [5.41, 5.74) is 2.36. The first-order valence-corrected chi connectivity index (χ1v) is 10.8. The van der Waals surface area contributed by atoms with Gasteiger partial charge in [-0.1, -0.05) is 30.3 Å². The number of rotatable bonds is 6. The Kier molecular flexibility index (Phi) is 6.48. The second kappa shape index (κ2) is 9.64. The minimum absolute atomic E-state index is 0.0556. The molecular weight excluding hydrogens is 422 g/mol. The highest BCUT2D eigenvalue weighted by molar-refractivity contribution is 6.40. The Balaban J connectivity index is 1.37. The lowest BCUT2D eigenvalue weighted by Gasteiger charge is -2.26. The highest BCUT2D eigenvalue weighted by Crippen LogP contribution is 2.25. The number of carbonyl (C=O) groups is 4. The number of nitrogens with zero attached hydrogens (tertiary/aromatic N) is 3. The molecule has 1 atom stereocenters. The number of para-hydroxylation sites is 1. The Hall–Kier alpha value is -4.01. The maximum atomic E-state index is 12.7. The van der Waals surface area contributed by atoms with E-state index in [-0.39, 0.29) is 43.0 Å². The average Bonchev–Trinajstić information content (AvgIpc) is 3.29. The number of nitrogens with one attached hydrogen (secondary N) is 2. The Morgan fingerprint density at radius 2 is 1.82 bits per heavy atom. The smallest absolute Gasteiger partial charge is 0.267 e. The fourth-order valence-corrected chi connectivity index (χ4v) is 3.83. The van der Waals surface area contributed by atoms with Crippen molar-refractivity contribution in [2.75, 3.05) is 24.6 Å². The molecule has 2 aliphatic heterocycles. The molecule has 9 nitrogen and oxygen atoms in total. The SMILES string of the molecule is CC(=O)C1CC(C(=O)NCc2ccc(C(=O)N3CCNC(=O)C3)cc2)=NN1c1ccccc1. The van der Waals surface area contributed by atoms with E-state index in [1.54, 1.807) is 29.3 Å². The Morgan fingerprint density at radius 1 is 1.09 bits per heavy atom. The summed E-state index contributed by atoms with van der Waals surface area (Å²) >= 11 is 0. The van der Waals surface area contributed by atoms with Crippen LogP contribution in [0.5, 0.6) is 0 Å². The lowest BCUT2D eigenvalue weighted by molar-refractivity contribution is -0.123. The van der Waals surface area contributed by atoms with Crippen LogP contribution in [-0.4, -0.2) is 59.8 Å². The summed E-state index contributed by atoms with van der Waals surface area (Å²) in [5.74, 6) is -0.755. The van der Waals surface area contributed by atoms with Crippen molar-refractivity contribution >= 4 is 34.9 Å². The van der Waals surface area contributed by atoms with Gasteiger partial charge in [0, 0.05) is 31.6 Å². The number of Topliss-reactive ketones (excluding diaryl/α,β-unsaturated/α-hetero) is 1. The number of carbonyl (C=O) groups excluding carboxylic acids is 4. The second-order valence-electron chi connectivity index (χ2n) is 8.01. The van der Waals surface area contributed by atoms with Crippen LogP contribution in [0.4, 0.5) is 5.69 Å². The van der Waals surface area contributed by atoms with Gasteiger partial charge < -0.3 is 15.5 Å². The number of piperazine rings is 1. The highest BCUT2D eigenvalue weighted by Gasteiger charge is 2.34. The molecule has 4 rings (SSSR count). The minimum atomic E-state index is -0.504. The quantitative estimate of drug-likeness (QED) is 0.689. The summed E-state index contributed by atoms with van der Waals surface area (Å²) in [6, 6.07) is 15.7. The maximum Gasteiger partial charge on any atom is 0.267 e. The lowest BCUT2D eigenvalue weighted by Crippen LogP contribution is -2.49. The number of benzene rings is 2. The van der Waals surface area contributed by atoms with Crippen LogP contribution in [0.15, 0.2) is 59.7 Å². The Labute approximate surface area is 191 Å². The molecule has 9 heteroatoms. The fourth-order valence-electron chi connectivity index (χ4n) is 3.83. The van der Waals surface area contributed by atoms with E-state index in [0.29, 0.717) is 24.4 Å². The summed E-state index contributed by atoms with van der Waals surface area (Å²) in [4.78, 5) is 50.4. The monoisotopic (exact) mass is 447 g/mol. The van der Waals surface area contributed by atoms with Gasteiger partial charge in [0.2, 0.25) is 5.91 Å². The van der Waals surface area contributed by atoms with Crippen molar-refractivity contribution in [3.63, 3.8) is 0 Å². The van der Waals surface area contributed by atoms with Crippen LogP contribution in [-0.2, 0) is 20.9 Å². The number of anilines is 1. The van der Waals surface area contributed by atoms with Gasteiger partial charge in [0.15, 0.2) is 5.78 Å². The molecule has 1 unspecified atom stereocenters. The number of amides is 3. The third kappa shape index (κ3) is 5.08. The summed E-state index contributed by atoms with van der Waals surface area (Å²) < 4.78 is 0. The first-order valence-electron chi connectivity index (χ1n) is 10.8. The molecular formula is C24H25N5O4. The first kappa shape index (κ1) is 22.2. The third-order valence-electron chi connectivity index (χ3n) is 5.64. The van der Waals surface area contributed by atoms with Crippen LogP contribution in [0, 0.1) is 0 Å². The number of hydrogen-bond acceptors (Lipinski definition) is 6. The molecule has 1 saturated heterocycles. The van der Waals surface area contributed by atoms with Crippen molar-refractivity contribution in [1.29, 1.82) is 0 Å². The van der Waals surface area contributed by atoms with Crippen molar-refractivity contribution in [1.82, 2.24) is 15.5 Å². The van der Waals surface area contributed by atoms with E-state index in [9.17, 15) is 19.2 Å². The molecule has 0 bridgehead atoms. The molecule has 3 amide bonds. The standard InChI is InChI=1S/C24H25N5O4/c1-16(30)21-13-20(27-29(21)19-5-3-2-4-6-19)23(32)26-14-17-7-9-18(10-8-17)24(33)28-12-11-25-22(31)15-28/h2-10,21H,11-15H2,1H3,(H,25,31)(H,26,32). The molecule has 0 saturated carbocycles. The molecule has 0 aliphatic carbocycles. The predicted octanol–water partition coefficient (Wildman–Crippen LogP) is 1.10. The van der Waals surface area contributed by atoms with Crippen LogP contribution >= 0.6 is 0 Å². The first-order chi connectivity index (χ1) is 15.9. The zero-order valence-electron chi connectivity index (χ0n) is 18.3. The van der Waals surface area contributed by atoms with Crippen LogP contribution in [0.1, 0.15) is 29.3 Å². The maximum absolute atomic E-state index is 12.7. The molecule has 33 heavy (non-hydrogen) atoms. The van der Waals surface area contributed by atoms with Crippen molar-refractivity contribution in [3.05, 3.63) is 65.7 Å². The summed E-state index contributed by atoms with van der Waals surface area (Å²) in [7, 11) is 0. The summed E-state index contributed by atoms with van der Waals surface area (Å²) in [5, 5.41) is 11.5. The van der Waals surface area contributed by atoms with Gasteiger partial charge in [-0.2, -0.15) is 5.10 Å². The molecule has 2 heterocycles. The molecule has 0 spiro atoms. The van der Waals surface area contributed by atoms with Crippen LogP contribution in [0.2, 0.25) is 0 Å². The van der Waals surface area contributed by atoms with Crippen molar-refractivity contribution in [2.45, 2.75) is 25.9 Å². The molecule has 2 aromatic carbocycles. The van der Waals surface area contributed by atoms with Gasteiger partial charge in [0.1, 0.15) is 11.8 Å². The van der Waals surface area contributed by atoms with E-state index < -0.39 is 6.04 Å². The number of hydrazone groups is 1. The van der Waals surface area contributed by atoms with E-state index in [4.69, 9.17) is 0 Å². The Bertz CT molecular complexity index is 1100. The highest BCUT2D eigenvalue weighted by atomic mass is 16.2. The zero-order valence-corrected chi connectivity index (χ0v) is 18.3. The van der Waals surface area contributed by atoms with Crippen LogP contribution < -0.4 is 15.6 Å². The molecule has 0 aromatic heterocycles. The largest absolute Gasteiger partial charge is 0.353 e. The molecule has 170 valence electrons. The average molecular weight is 447 g/mol. The molecule has 2 aromatic rings. The zero-order chi connectivity index (χ0) is 23.4. The second-order valence-corrected chi connectivity index (χ2v) is 8.01. The predicted molar refractivity (Wildman–Crippen MR) is 123 cm³/mol. The van der Waals surface area contributed by atoms with Gasteiger partial charge in [-0.05, 0) is 36.8 Å². The van der Waals surface area contributed by atoms with E-state index >= 15 is 0 Å². The van der Waals surface area contributed by atoms with Crippen molar-refractivity contribution in [3.8, 4) is 0 Å². The minimum Gasteiger partial charge on any atom is -0.353 e. The van der Waals surface area contributed by atoms with Gasteiger partial charge in [0.25, 0.3) is 11.8 Å². The normalized spacial score (nSPS) is 17.9. The van der Waals surface area contributed by atoms with E-state index in [2.05, 4.69) is 15.7 Å². The van der Waals surface area contributed by atoms with Gasteiger partial charge in [-0.3, -0.25) is 24.2 Å². The molecule has 2 aliphatic rings. The molecule has 2 N–H and O–H groups in total. The topological polar surface area (TPSA) is 111 Å². The van der Waals surface area contributed by atoms with Crippen molar-refractivity contribution in [2.24, 2.45) is 5.10 Å². The van der Waals surface area contributed by atoms with Crippen molar-refractivity contribution < 1.29 is 19.2 Å². The van der Waals surface area contributed by atoms with Gasteiger partial charge in [0.05, 0.1) is 12.2 Å².